The number of carboxylic acids is 1. The molecule has 0 unspecified atom stereocenters. The van der Waals surface area contributed by atoms with Crippen LogP contribution in [0.2, 0.25) is 0 Å². The Morgan fingerprint density at radius 1 is 1.20 bits per heavy atom. The third-order valence-corrected chi connectivity index (χ3v) is 7.07. The van der Waals surface area contributed by atoms with E-state index in [1.54, 1.807) is 35.9 Å². The molecule has 0 spiro atoms. The van der Waals surface area contributed by atoms with Gasteiger partial charge in [-0.15, -0.1) is 0 Å². The number of aliphatic carboxylic acids is 1. The molecule has 1 N–H and O–H groups in total. The van der Waals surface area contributed by atoms with E-state index in [-0.39, 0.29) is 18.5 Å². The van der Waals surface area contributed by atoms with Crippen molar-refractivity contribution in [1.29, 1.82) is 0 Å². The highest BCUT2D eigenvalue weighted by Gasteiger charge is 2.29. The summed E-state index contributed by atoms with van der Waals surface area (Å²) in [4.78, 5) is 29.4. The molecule has 190 valence electrons. The molecular weight excluding hydrogens is 455 g/mol. The normalized spacial score (nSPS) is 20.5. The SMILES string of the molecule is CN(CC1CCCC1)C(=O)OCc1c(-c2ccc(O[C@H]3CCC[C@H](C(=O)O)C3)c(F)n2)cnn1C. The summed E-state index contributed by atoms with van der Waals surface area (Å²) in [6.07, 6.45) is 7.87. The van der Waals surface area contributed by atoms with Crippen molar-refractivity contribution in [1.82, 2.24) is 19.7 Å². The monoisotopic (exact) mass is 488 g/mol. The summed E-state index contributed by atoms with van der Waals surface area (Å²) < 4.78 is 27.7. The van der Waals surface area contributed by atoms with Gasteiger partial charge in [-0.25, -0.2) is 9.78 Å². The highest BCUT2D eigenvalue weighted by atomic mass is 19.1. The predicted octanol–water partition coefficient (Wildman–Crippen LogP) is 4.40. The molecule has 2 heterocycles. The quantitative estimate of drug-likeness (QED) is 0.549. The van der Waals surface area contributed by atoms with Gasteiger partial charge in [-0.1, -0.05) is 12.8 Å². The van der Waals surface area contributed by atoms with Crippen molar-refractivity contribution in [2.75, 3.05) is 13.6 Å². The molecule has 0 aliphatic heterocycles. The van der Waals surface area contributed by atoms with Crippen molar-refractivity contribution in [3.05, 3.63) is 30.0 Å². The number of hydrogen-bond donors (Lipinski definition) is 1. The lowest BCUT2D eigenvalue weighted by Gasteiger charge is -2.27. The summed E-state index contributed by atoms with van der Waals surface area (Å²) in [5.74, 6) is -1.57. The number of carboxylic acid groups (broad SMARTS) is 1. The standard InChI is InChI=1S/C25H33FN4O5/c1-29(14-16-6-3-4-7-16)25(33)34-15-21-19(13-27-30(21)2)20-10-11-22(23(26)28-20)35-18-9-5-8-17(12-18)24(31)32/h10-11,13,16-18H,3-9,12,14-15H2,1-2H3,(H,31,32)/t17-,18-/m0/s1. The van der Waals surface area contributed by atoms with Crippen LogP contribution in [-0.4, -0.2) is 56.5 Å². The van der Waals surface area contributed by atoms with Gasteiger partial charge in [-0.3, -0.25) is 9.48 Å². The van der Waals surface area contributed by atoms with E-state index in [4.69, 9.17) is 9.47 Å². The predicted molar refractivity (Wildman–Crippen MR) is 125 cm³/mol. The molecule has 1 amide bonds. The van der Waals surface area contributed by atoms with Gasteiger partial charge < -0.3 is 19.5 Å². The van der Waals surface area contributed by atoms with Crippen LogP contribution in [0, 0.1) is 17.8 Å². The van der Waals surface area contributed by atoms with Crippen LogP contribution >= 0.6 is 0 Å². The third-order valence-electron chi connectivity index (χ3n) is 7.07. The summed E-state index contributed by atoms with van der Waals surface area (Å²) in [5, 5.41) is 13.5. The third kappa shape index (κ3) is 6.10. The number of pyridine rings is 1. The van der Waals surface area contributed by atoms with Crippen LogP contribution in [0.25, 0.3) is 11.3 Å². The molecule has 2 fully saturated rings. The maximum Gasteiger partial charge on any atom is 0.409 e. The van der Waals surface area contributed by atoms with Gasteiger partial charge in [-0.2, -0.15) is 9.49 Å². The van der Waals surface area contributed by atoms with Crippen molar-refractivity contribution < 1.29 is 28.6 Å². The molecular formula is C25H33FN4O5. The largest absolute Gasteiger partial charge is 0.486 e. The fourth-order valence-electron chi connectivity index (χ4n) is 5.06. The minimum atomic E-state index is -0.846. The molecule has 2 aliphatic carbocycles. The number of carbonyl (C=O) groups is 2. The van der Waals surface area contributed by atoms with Crippen molar-refractivity contribution in [3.8, 4) is 17.0 Å². The number of rotatable bonds is 8. The molecule has 0 saturated heterocycles. The molecule has 2 aromatic rings. The topological polar surface area (TPSA) is 107 Å². The Labute approximate surface area is 204 Å². The summed E-state index contributed by atoms with van der Waals surface area (Å²) in [6.45, 7) is 0.666. The fraction of sp³-hybridized carbons (Fsp3) is 0.600. The molecule has 9 nitrogen and oxygen atoms in total. The average molecular weight is 489 g/mol. The van der Waals surface area contributed by atoms with E-state index in [0.29, 0.717) is 48.7 Å². The number of nitrogens with zero attached hydrogens (tertiary/aromatic N) is 4. The number of hydrogen-bond acceptors (Lipinski definition) is 6. The molecule has 0 aromatic carbocycles. The number of aromatic nitrogens is 3. The first-order valence-corrected chi connectivity index (χ1v) is 12.3. The number of carbonyl (C=O) groups excluding carboxylic acids is 1. The van der Waals surface area contributed by atoms with Gasteiger partial charge in [0, 0.05) is 26.2 Å². The Balaban J connectivity index is 1.40. The van der Waals surface area contributed by atoms with Crippen LogP contribution in [0.4, 0.5) is 9.18 Å². The first kappa shape index (κ1) is 24.9. The Bertz CT molecular complexity index is 1050. The molecule has 2 atom stereocenters. The van der Waals surface area contributed by atoms with Crippen molar-refractivity contribution in [2.45, 2.75) is 64.1 Å². The van der Waals surface area contributed by atoms with Crippen LogP contribution < -0.4 is 4.74 Å². The Kier molecular flexibility index (Phi) is 7.87. The molecule has 4 rings (SSSR count). The van der Waals surface area contributed by atoms with E-state index in [0.717, 1.165) is 19.3 Å². The second kappa shape index (κ2) is 11.0. The second-order valence-corrected chi connectivity index (χ2v) is 9.64. The van der Waals surface area contributed by atoms with Gasteiger partial charge in [0.25, 0.3) is 5.95 Å². The Morgan fingerprint density at radius 3 is 2.69 bits per heavy atom. The minimum absolute atomic E-state index is 0.00445. The van der Waals surface area contributed by atoms with Gasteiger partial charge in [0.1, 0.15) is 6.61 Å². The highest BCUT2D eigenvalue weighted by Crippen LogP contribution is 2.31. The van der Waals surface area contributed by atoms with E-state index in [1.165, 1.54) is 18.9 Å². The van der Waals surface area contributed by atoms with Crippen LogP contribution in [-0.2, 0) is 23.2 Å². The second-order valence-electron chi connectivity index (χ2n) is 9.64. The smallest absolute Gasteiger partial charge is 0.409 e. The lowest BCUT2D eigenvalue weighted by Crippen LogP contribution is -2.31. The zero-order valence-corrected chi connectivity index (χ0v) is 20.3. The summed E-state index contributed by atoms with van der Waals surface area (Å²) in [7, 11) is 3.47. The molecule has 0 bridgehead atoms. The van der Waals surface area contributed by atoms with Crippen molar-refractivity contribution >= 4 is 12.1 Å². The van der Waals surface area contributed by atoms with Gasteiger partial charge in [0.15, 0.2) is 5.75 Å². The molecule has 2 aliphatic rings. The maximum absolute atomic E-state index is 14.8. The minimum Gasteiger partial charge on any atom is -0.486 e. The van der Waals surface area contributed by atoms with Crippen molar-refractivity contribution in [2.24, 2.45) is 18.9 Å². The highest BCUT2D eigenvalue weighted by molar-refractivity contribution is 5.70. The van der Waals surface area contributed by atoms with E-state index in [1.807, 2.05) is 0 Å². The zero-order valence-electron chi connectivity index (χ0n) is 20.3. The van der Waals surface area contributed by atoms with Crippen molar-refractivity contribution in [3.63, 3.8) is 0 Å². The lowest BCUT2D eigenvalue weighted by molar-refractivity contribution is -0.143. The van der Waals surface area contributed by atoms with Crippen LogP contribution in [0.1, 0.15) is 57.1 Å². The molecule has 10 heteroatoms. The molecule has 2 aromatic heterocycles. The summed E-state index contributed by atoms with van der Waals surface area (Å²) in [5.41, 5.74) is 1.51. The molecule has 35 heavy (non-hydrogen) atoms. The van der Waals surface area contributed by atoms with Gasteiger partial charge in [-0.05, 0) is 56.6 Å². The Hall–Kier alpha value is -3.17. The first-order chi connectivity index (χ1) is 16.8. The van der Waals surface area contributed by atoms with E-state index < -0.39 is 23.9 Å². The number of amides is 1. The summed E-state index contributed by atoms with van der Waals surface area (Å²) >= 11 is 0. The lowest BCUT2D eigenvalue weighted by atomic mass is 9.87. The van der Waals surface area contributed by atoms with E-state index in [2.05, 4.69) is 10.1 Å². The van der Waals surface area contributed by atoms with Gasteiger partial charge in [0.05, 0.1) is 29.6 Å². The molecule has 2 saturated carbocycles. The number of halogens is 1. The average Bonchev–Trinajstić information content (AvgIpc) is 3.48. The number of ether oxygens (including phenoxy) is 2. The maximum atomic E-state index is 14.8. The van der Waals surface area contributed by atoms with Crippen LogP contribution in [0.15, 0.2) is 18.3 Å². The van der Waals surface area contributed by atoms with Gasteiger partial charge in [0.2, 0.25) is 0 Å². The van der Waals surface area contributed by atoms with Crippen LogP contribution in [0.3, 0.4) is 0 Å². The Morgan fingerprint density at radius 2 is 1.97 bits per heavy atom. The van der Waals surface area contributed by atoms with Crippen LogP contribution in [0.5, 0.6) is 5.75 Å². The van der Waals surface area contributed by atoms with E-state index in [9.17, 15) is 19.1 Å². The first-order valence-electron chi connectivity index (χ1n) is 12.3. The number of aryl methyl sites for hydroxylation is 1. The fourth-order valence-corrected chi connectivity index (χ4v) is 5.06. The van der Waals surface area contributed by atoms with E-state index >= 15 is 0 Å². The molecule has 0 radical (unpaired) electrons. The zero-order chi connectivity index (χ0) is 24.9. The summed E-state index contributed by atoms with van der Waals surface area (Å²) in [6, 6.07) is 3.13. The van der Waals surface area contributed by atoms with Gasteiger partial charge >= 0.3 is 12.1 Å².